The zero-order chi connectivity index (χ0) is 18.2. The first-order valence-electron chi connectivity index (χ1n) is 7.46. The molecule has 0 N–H and O–H groups in total. The summed E-state index contributed by atoms with van der Waals surface area (Å²) in [6.45, 7) is 1.85. The molecule has 0 amide bonds. The van der Waals surface area contributed by atoms with Gasteiger partial charge in [0.2, 0.25) is 0 Å². The Morgan fingerprint density at radius 3 is 2.48 bits per heavy atom. The minimum atomic E-state index is -4.03. The van der Waals surface area contributed by atoms with Gasteiger partial charge in [-0.2, -0.15) is 8.42 Å². The lowest BCUT2D eigenvalue weighted by Gasteiger charge is -2.30. The fourth-order valence-electron chi connectivity index (χ4n) is 2.54. The summed E-state index contributed by atoms with van der Waals surface area (Å²) in [7, 11) is -2.38. The van der Waals surface area contributed by atoms with Crippen LogP contribution in [0, 0.1) is 17.0 Å². The highest BCUT2D eigenvalue weighted by Crippen LogP contribution is 2.35. The smallest absolute Gasteiger partial charge is 0.299 e. The molecule has 1 aliphatic heterocycles. The molecule has 1 unspecified atom stereocenters. The summed E-state index contributed by atoms with van der Waals surface area (Å²) < 4.78 is 30.6. The van der Waals surface area contributed by atoms with Gasteiger partial charge in [-0.1, -0.05) is 17.7 Å². The maximum Gasteiger partial charge on any atom is 0.299 e. The largest absolute Gasteiger partial charge is 0.351 e. The molecule has 0 bridgehead atoms. The number of nitro benzene ring substituents is 1. The van der Waals surface area contributed by atoms with Crippen molar-refractivity contribution in [3.8, 4) is 0 Å². The summed E-state index contributed by atoms with van der Waals surface area (Å²) in [4.78, 5) is 12.1. The zero-order valence-electron chi connectivity index (χ0n) is 13.6. The van der Waals surface area contributed by atoms with Crippen LogP contribution in [0.2, 0.25) is 0 Å². The van der Waals surface area contributed by atoms with Crippen LogP contribution in [0.15, 0.2) is 53.6 Å². The summed E-state index contributed by atoms with van der Waals surface area (Å²) >= 11 is 0. The summed E-state index contributed by atoms with van der Waals surface area (Å²) in [5.74, 6) is 0. The molecule has 130 valence electrons. The van der Waals surface area contributed by atoms with Gasteiger partial charge < -0.3 is 4.90 Å². The van der Waals surface area contributed by atoms with Crippen molar-refractivity contribution in [1.29, 1.82) is 0 Å². The number of nitro groups is 1. The minimum absolute atomic E-state index is 0.0352. The molecule has 0 aliphatic carbocycles. The Morgan fingerprint density at radius 2 is 1.84 bits per heavy atom. The second-order valence-electron chi connectivity index (χ2n) is 5.77. The molecule has 0 radical (unpaired) electrons. The van der Waals surface area contributed by atoms with Gasteiger partial charge >= 0.3 is 0 Å². The summed E-state index contributed by atoms with van der Waals surface area (Å²) in [5, 5.41) is 11.0. The van der Waals surface area contributed by atoms with Gasteiger partial charge in [0.1, 0.15) is 0 Å². The van der Waals surface area contributed by atoms with Crippen molar-refractivity contribution in [2.75, 3.05) is 7.05 Å². The van der Waals surface area contributed by atoms with Crippen LogP contribution < -0.4 is 0 Å². The van der Waals surface area contributed by atoms with Gasteiger partial charge in [-0.15, -0.1) is 0 Å². The third kappa shape index (κ3) is 3.40. The van der Waals surface area contributed by atoms with Gasteiger partial charge in [0.25, 0.3) is 15.8 Å². The highest BCUT2D eigenvalue weighted by Gasteiger charge is 2.30. The number of benzene rings is 2. The Hall–Kier alpha value is -2.71. The molecule has 2 aromatic carbocycles. The predicted octanol–water partition coefficient (Wildman–Crippen LogP) is 3.22. The van der Waals surface area contributed by atoms with Gasteiger partial charge in [-0.05, 0) is 36.8 Å². The van der Waals surface area contributed by atoms with Crippen LogP contribution in [0.3, 0.4) is 0 Å². The van der Waals surface area contributed by atoms with Crippen LogP contribution in [-0.4, -0.2) is 25.3 Å². The van der Waals surface area contributed by atoms with Crippen molar-refractivity contribution >= 4 is 21.9 Å². The molecule has 2 aromatic rings. The van der Waals surface area contributed by atoms with Crippen LogP contribution in [0.25, 0.3) is 6.08 Å². The molecule has 1 atom stereocenters. The molecule has 0 saturated heterocycles. The number of hydrogen-bond acceptors (Lipinski definition) is 6. The van der Waals surface area contributed by atoms with E-state index >= 15 is 0 Å². The quantitative estimate of drug-likeness (QED) is 0.472. The van der Waals surface area contributed by atoms with E-state index in [0.29, 0.717) is 11.1 Å². The minimum Gasteiger partial charge on any atom is -0.351 e. The lowest BCUT2D eigenvalue weighted by Crippen LogP contribution is -2.27. The third-order valence-electron chi connectivity index (χ3n) is 3.93. The molecule has 25 heavy (non-hydrogen) atoms. The zero-order valence-corrected chi connectivity index (χ0v) is 14.4. The SMILES string of the molecule is Cc1ccc(S(=O)(=O)OC2c3cc([N+](=O)[O-])ccc3C=CN2C)cc1. The summed E-state index contributed by atoms with van der Waals surface area (Å²) in [6.07, 6.45) is 2.44. The van der Waals surface area contributed by atoms with E-state index in [1.807, 2.05) is 6.92 Å². The number of rotatable bonds is 4. The highest BCUT2D eigenvalue weighted by atomic mass is 32.2. The standard InChI is InChI=1S/C17H16N2O5S/c1-12-3-7-15(8-4-12)25(22,23)24-17-16-11-14(19(20)21)6-5-13(16)9-10-18(17)2/h3-11,17H,1-2H3. The van der Waals surface area contributed by atoms with E-state index in [2.05, 4.69) is 0 Å². The number of aryl methyl sites for hydroxylation is 1. The van der Waals surface area contributed by atoms with Crippen molar-refractivity contribution < 1.29 is 17.5 Å². The maximum atomic E-state index is 12.6. The van der Waals surface area contributed by atoms with Crippen LogP contribution in [0.4, 0.5) is 5.69 Å². The van der Waals surface area contributed by atoms with Gasteiger partial charge in [0.05, 0.1) is 9.82 Å². The second kappa shape index (κ2) is 6.30. The summed E-state index contributed by atoms with van der Waals surface area (Å²) in [6, 6.07) is 10.6. The first-order valence-corrected chi connectivity index (χ1v) is 8.87. The Bertz CT molecular complexity index is 952. The van der Waals surface area contributed by atoms with Crippen molar-refractivity contribution in [1.82, 2.24) is 4.90 Å². The molecule has 0 fully saturated rings. The van der Waals surface area contributed by atoms with Gasteiger partial charge in [0, 0.05) is 30.9 Å². The predicted molar refractivity (Wildman–Crippen MR) is 92.1 cm³/mol. The van der Waals surface area contributed by atoms with Crippen LogP contribution in [0.5, 0.6) is 0 Å². The van der Waals surface area contributed by atoms with Gasteiger partial charge in [0.15, 0.2) is 6.23 Å². The average Bonchev–Trinajstić information content (AvgIpc) is 2.57. The van der Waals surface area contributed by atoms with E-state index in [-0.39, 0.29) is 10.6 Å². The number of hydrogen-bond donors (Lipinski definition) is 0. The van der Waals surface area contributed by atoms with Crippen LogP contribution in [0.1, 0.15) is 22.9 Å². The molecule has 0 aromatic heterocycles. The number of fused-ring (bicyclic) bond motifs is 1. The molecule has 0 spiro atoms. The fourth-order valence-corrected chi connectivity index (χ4v) is 3.60. The topological polar surface area (TPSA) is 89.8 Å². The Balaban J connectivity index is 2.00. The normalized spacial score (nSPS) is 16.6. The Labute approximate surface area is 145 Å². The molecule has 0 saturated carbocycles. The van der Waals surface area contributed by atoms with Gasteiger partial charge in [-0.25, -0.2) is 4.18 Å². The molecule has 3 rings (SSSR count). The van der Waals surface area contributed by atoms with E-state index in [0.717, 1.165) is 5.56 Å². The lowest BCUT2D eigenvalue weighted by atomic mass is 10.0. The van der Waals surface area contributed by atoms with Crippen molar-refractivity contribution in [2.24, 2.45) is 0 Å². The molecular weight excluding hydrogens is 344 g/mol. The van der Waals surface area contributed by atoms with Crippen LogP contribution in [-0.2, 0) is 14.3 Å². The van der Waals surface area contributed by atoms with E-state index in [9.17, 15) is 18.5 Å². The fraction of sp³-hybridized carbons (Fsp3) is 0.176. The molecule has 8 heteroatoms. The lowest BCUT2D eigenvalue weighted by molar-refractivity contribution is -0.385. The van der Waals surface area contributed by atoms with Crippen molar-refractivity contribution in [2.45, 2.75) is 18.0 Å². The van der Waals surface area contributed by atoms with Gasteiger partial charge in [-0.3, -0.25) is 10.1 Å². The molecule has 1 aliphatic rings. The van der Waals surface area contributed by atoms with Crippen molar-refractivity contribution in [3.63, 3.8) is 0 Å². The van der Waals surface area contributed by atoms with Crippen LogP contribution >= 0.6 is 0 Å². The van der Waals surface area contributed by atoms with E-state index in [1.165, 1.54) is 24.3 Å². The average molecular weight is 360 g/mol. The highest BCUT2D eigenvalue weighted by molar-refractivity contribution is 7.86. The maximum absolute atomic E-state index is 12.6. The van der Waals surface area contributed by atoms with Crippen molar-refractivity contribution in [3.05, 3.63) is 75.5 Å². The van der Waals surface area contributed by atoms with E-state index in [1.54, 1.807) is 42.4 Å². The molecule has 7 nitrogen and oxygen atoms in total. The Kier molecular flexibility index (Phi) is 4.32. The molecular formula is C17H16N2O5S. The first-order chi connectivity index (χ1) is 11.8. The summed E-state index contributed by atoms with van der Waals surface area (Å²) in [5.41, 5.74) is 1.91. The van der Waals surface area contributed by atoms with E-state index < -0.39 is 21.3 Å². The monoisotopic (exact) mass is 360 g/mol. The second-order valence-corrected chi connectivity index (χ2v) is 7.34. The number of nitrogens with zero attached hydrogens (tertiary/aromatic N) is 2. The molecule has 1 heterocycles. The third-order valence-corrected chi connectivity index (χ3v) is 5.22. The Morgan fingerprint density at radius 1 is 1.16 bits per heavy atom. The first kappa shape index (κ1) is 17.1. The number of non-ortho nitro benzene ring substituents is 1. The van der Waals surface area contributed by atoms with E-state index in [4.69, 9.17) is 4.18 Å².